The molecule has 0 aliphatic carbocycles. The minimum Gasteiger partial charge on any atom is -0.374 e. The quantitative estimate of drug-likeness (QED) is 0.501. The zero-order valence-electron chi connectivity index (χ0n) is 8.05. The molecule has 1 fully saturated rings. The average Bonchev–Trinajstić information content (AvgIpc) is 2.96. The van der Waals surface area contributed by atoms with Crippen molar-refractivity contribution in [3.05, 3.63) is 29.6 Å². The maximum Gasteiger partial charge on any atom is 0.286 e. The smallest absolute Gasteiger partial charge is 0.286 e. The Labute approximate surface area is 82.3 Å². The molecular weight excluding hydrogens is 180 g/mol. The minimum absolute atomic E-state index is 0.225. The predicted octanol–water partition coefficient (Wildman–Crippen LogP) is -0.0608. The maximum absolute atomic E-state index is 9.78. The van der Waals surface area contributed by atoms with Crippen LogP contribution >= 0.6 is 0 Å². The van der Waals surface area contributed by atoms with Gasteiger partial charge in [-0.15, -0.1) is 0 Å². The van der Waals surface area contributed by atoms with Gasteiger partial charge in [0.2, 0.25) is 0 Å². The molecule has 0 bridgehead atoms. The van der Waals surface area contributed by atoms with Crippen molar-refractivity contribution in [1.29, 1.82) is 0 Å². The van der Waals surface area contributed by atoms with Gasteiger partial charge in [-0.1, -0.05) is 0 Å². The molecule has 14 heavy (non-hydrogen) atoms. The second kappa shape index (κ2) is 2.76. The summed E-state index contributed by atoms with van der Waals surface area (Å²) in [4.78, 5) is 1.92. The van der Waals surface area contributed by atoms with Gasteiger partial charge in [0.05, 0.1) is 0 Å². The summed E-state index contributed by atoms with van der Waals surface area (Å²) in [5, 5.41) is 9.78. The number of rotatable bonds is 1. The number of ether oxygens (including phenoxy) is 1. The van der Waals surface area contributed by atoms with Crippen LogP contribution in [-0.4, -0.2) is 23.7 Å². The van der Waals surface area contributed by atoms with Crippen molar-refractivity contribution in [2.24, 2.45) is 0 Å². The molecule has 0 radical (unpaired) electrons. The summed E-state index contributed by atoms with van der Waals surface area (Å²) in [7, 11) is 1.92. The molecule has 1 N–H and O–H groups in total. The maximum atomic E-state index is 9.78. The summed E-state index contributed by atoms with van der Waals surface area (Å²) in [6.45, 7) is 1.62. The number of nitrogens with zero attached hydrogens (tertiary/aromatic N) is 2. The number of hydrogen-bond acceptors (Lipinski definition) is 3. The molecule has 0 amide bonds. The Bertz CT molecular complexity index is 376. The minimum atomic E-state index is -0.445. The summed E-state index contributed by atoms with van der Waals surface area (Å²) in [5.74, 6) is 0. The summed E-state index contributed by atoms with van der Waals surface area (Å²) in [6.07, 6.45) is 3.82. The van der Waals surface area contributed by atoms with Crippen molar-refractivity contribution in [3.63, 3.8) is 0 Å². The van der Waals surface area contributed by atoms with Gasteiger partial charge in [0.1, 0.15) is 12.8 Å². The highest BCUT2D eigenvalue weighted by Gasteiger charge is 2.35. The number of aliphatic hydroxyl groups excluding tert-OH is 1. The number of fused-ring (bicyclic) bond motifs is 1. The largest absolute Gasteiger partial charge is 0.374 e. The molecule has 1 aromatic rings. The fourth-order valence-corrected chi connectivity index (χ4v) is 1.94. The van der Waals surface area contributed by atoms with Gasteiger partial charge in [-0.3, -0.25) is 4.90 Å². The van der Waals surface area contributed by atoms with Crippen molar-refractivity contribution in [1.82, 2.24) is 4.90 Å². The van der Waals surface area contributed by atoms with E-state index in [9.17, 15) is 5.11 Å². The van der Waals surface area contributed by atoms with E-state index in [2.05, 4.69) is 10.8 Å². The highest BCUT2D eigenvalue weighted by molar-refractivity contribution is 5.27. The first kappa shape index (κ1) is 8.35. The van der Waals surface area contributed by atoms with Crippen LogP contribution in [0.1, 0.15) is 23.6 Å². The van der Waals surface area contributed by atoms with E-state index in [-0.39, 0.29) is 6.23 Å². The number of aromatic nitrogens is 1. The molecule has 0 saturated carbocycles. The molecule has 3 rings (SSSR count). The van der Waals surface area contributed by atoms with E-state index in [0.29, 0.717) is 0 Å². The Kier molecular flexibility index (Phi) is 1.65. The van der Waals surface area contributed by atoms with E-state index in [4.69, 9.17) is 4.74 Å². The molecule has 3 heterocycles. The van der Waals surface area contributed by atoms with E-state index in [1.807, 2.05) is 24.2 Å². The molecule has 1 aromatic heterocycles. The lowest BCUT2D eigenvalue weighted by Crippen LogP contribution is -2.32. The second-order valence-corrected chi connectivity index (χ2v) is 3.95. The second-order valence-electron chi connectivity index (χ2n) is 3.95. The van der Waals surface area contributed by atoms with Crippen molar-refractivity contribution in [3.8, 4) is 0 Å². The van der Waals surface area contributed by atoms with Crippen LogP contribution in [0.3, 0.4) is 0 Å². The molecule has 2 aliphatic rings. The SMILES string of the molecule is CN1Cc2c[n+](C3CO3)ccc2C1O. The Morgan fingerprint density at radius 1 is 1.64 bits per heavy atom. The van der Waals surface area contributed by atoms with Gasteiger partial charge < -0.3 is 9.84 Å². The number of pyridine rings is 1. The van der Waals surface area contributed by atoms with Crippen LogP contribution in [0.2, 0.25) is 0 Å². The Morgan fingerprint density at radius 2 is 2.43 bits per heavy atom. The summed E-state index contributed by atoms with van der Waals surface area (Å²) < 4.78 is 7.26. The van der Waals surface area contributed by atoms with Crippen LogP contribution in [0.5, 0.6) is 0 Å². The Hall–Kier alpha value is -0.970. The Balaban J connectivity index is 2.00. The van der Waals surface area contributed by atoms with Crippen LogP contribution in [-0.2, 0) is 11.3 Å². The zero-order chi connectivity index (χ0) is 9.71. The summed E-state index contributed by atoms with van der Waals surface area (Å²) in [6, 6.07) is 1.98. The van der Waals surface area contributed by atoms with Gasteiger partial charge in [0.25, 0.3) is 6.23 Å². The highest BCUT2D eigenvalue weighted by Crippen LogP contribution is 2.29. The first-order chi connectivity index (χ1) is 6.75. The third kappa shape index (κ3) is 1.15. The fourth-order valence-electron chi connectivity index (χ4n) is 1.94. The Morgan fingerprint density at radius 3 is 3.14 bits per heavy atom. The normalized spacial score (nSPS) is 30.4. The van der Waals surface area contributed by atoms with E-state index >= 15 is 0 Å². The molecule has 0 aromatic carbocycles. The molecule has 4 nitrogen and oxygen atoms in total. The van der Waals surface area contributed by atoms with Gasteiger partial charge in [-0.2, -0.15) is 4.57 Å². The lowest BCUT2D eigenvalue weighted by molar-refractivity contribution is -0.716. The first-order valence-corrected chi connectivity index (χ1v) is 4.79. The molecular formula is C10H13N2O2+. The van der Waals surface area contributed by atoms with Crippen LogP contribution in [0, 0.1) is 0 Å². The van der Waals surface area contributed by atoms with Crippen molar-refractivity contribution < 1.29 is 14.4 Å². The number of epoxide rings is 1. The van der Waals surface area contributed by atoms with Crippen LogP contribution < -0.4 is 4.57 Å². The zero-order valence-corrected chi connectivity index (χ0v) is 8.05. The first-order valence-electron chi connectivity index (χ1n) is 4.79. The predicted molar refractivity (Wildman–Crippen MR) is 48.1 cm³/mol. The summed E-state index contributed by atoms with van der Waals surface area (Å²) >= 11 is 0. The van der Waals surface area contributed by atoms with Crippen molar-refractivity contribution in [2.45, 2.75) is 19.0 Å². The van der Waals surface area contributed by atoms with Crippen molar-refractivity contribution >= 4 is 0 Å². The summed E-state index contributed by atoms with van der Waals surface area (Å²) in [5.41, 5.74) is 2.21. The van der Waals surface area contributed by atoms with Gasteiger partial charge in [-0.25, -0.2) is 0 Å². The molecule has 2 unspecified atom stereocenters. The number of hydrogen-bond donors (Lipinski definition) is 1. The highest BCUT2D eigenvalue weighted by atomic mass is 16.6. The number of aliphatic hydroxyl groups is 1. The lowest BCUT2D eigenvalue weighted by atomic mass is 10.2. The van der Waals surface area contributed by atoms with Gasteiger partial charge >= 0.3 is 0 Å². The van der Waals surface area contributed by atoms with E-state index < -0.39 is 6.23 Å². The van der Waals surface area contributed by atoms with Crippen molar-refractivity contribution in [2.75, 3.05) is 13.7 Å². The fraction of sp³-hybridized carbons (Fsp3) is 0.500. The van der Waals surface area contributed by atoms with Crippen LogP contribution in [0.25, 0.3) is 0 Å². The van der Waals surface area contributed by atoms with Crippen LogP contribution in [0.4, 0.5) is 0 Å². The molecule has 74 valence electrons. The molecule has 2 atom stereocenters. The topological polar surface area (TPSA) is 39.9 Å². The van der Waals surface area contributed by atoms with E-state index in [1.165, 1.54) is 5.56 Å². The average molecular weight is 193 g/mol. The molecule has 4 heteroatoms. The molecule has 1 saturated heterocycles. The van der Waals surface area contributed by atoms with Gasteiger partial charge in [-0.05, 0) is 7.05 Å². The van der Waals surface area contributed by atoms with Gasteiger partial charge in [0, 0.05) is 23.7 Å². The third-order valence-electron chi connectivity index (χ3n) is 2.87. The standard InChI is InChI=1S/C10H13N2O2/c1-11-4-7-5-12(9-6-14-9)3-2-8(7)10(11)13/h2-3,5,9-10,13H,4,6H2,1H3/q+1. The third-order valence-corrected chi connectivity index (χ3v) is 2.87. The molecule has 0 spiro atoms. The molecule has 2 aliphatic heterocycles. The lowest BCUT2D eigenvalue weighted by Gasteiger charge is -2.12. The van der Waals surface area contributed by atoms with E-state index in [0.717, 1.165) is 18.7 Å². The van der Waals surface area contributed by atoms with Crippen LogP contribution in [0.15, 0.2) is 18.5 Å². The van der Waals surface area contributed by atoms with E-state index in [1.54, 1.807) is 0 Å². The monoisotopic (exact) mass is 193 g/mol. The van der Waals surface area contributed by atoms with Gasteiger partial charge in [0.15, 0.2) is 12.4 Å².